The molecule has 0 aromatic heterocycles. The van der Waals surface area contributed by atoms with Gasteiger partial charge in [0.15, 0.2) is 5.60 Å². The molecule has 174 valence electrons. The Morgan fingerprint density at radius 1 is 0.848 bits per heavy atom. The van der Waals surface area contributed by atoms with Gasteiger partial charge in [0.2, 0.25) is 0 Å². The maximum atomic E-state index is 12.4. The summed E-state index contributed by atoms with van der Waals surface area (Å²) in [5.74, 6) is 0.291. The van der Waals surface area contributed by atoms with Crippen LogP contribution in [-0.2, 0) is 9.53 Å². The summed E-state index contributed by atoms with van der Waals surface area (Å²) in [6, 6.07) is 20.5. The topological polar surface area (TPSA) is 35.5 Å². The molecule has 3 rings (SSSR count). The lowest BCUT2D eigenvalue weighted by Gasteiger charge is -2.26. The first-order valence-electron chi connectivity index (χ1n) is 11.3. The molecule has 33 heavy (non-hydrogen) atoms. The zero-order chi connectivity index (χ0) is 24.3. The Balaban J connectivity index is 1.99. The molecule has 0 saturated carbocycles. The zero-order valence-electron chi connectivity index (χ0n) is 20.5. The minimum Gasteiger partial charge on any atom is -0.476 e. The first kappa shape index (κ1) is 24.9. The van der Waals surface area contributed by atoms with Gasteiger partial charge in [-0.3, -0.25) is 0 Å². The second-order valence-electron chi connectivity index (χ2n) is 9.43. The second kappa shape index (κ2) is 10.0. The average molecular weight is 465 g/mol. The molecule has 0 amide bonds. The summed E-state index contributed by atoms with van der Waals surface area (Å²) in [6.45, 7) is 13.6. The summed E-state index contributed by atoms with van der Waals surface area (Å²) < 4.78 is 11.3. The molecular weight excluding hydrogens is 432 g/mol. The largest absolute Gasteiger partial charge is 0.476 e. The average Bonchev–Trinajstić information content (AvgIpc) is 2.71. The molecule has 0 spiro atoms. The normalized spacial score (nSPS) is 12.5. The van der Waals surface area contributed by atoms with Crippen LogP contribution in [0.1, 0.15) is 67.0 Å². The van der Waals surface area contributed by atoms with E-state index in [0.29, 0.717) is 10.8 Å². The predicted molar refractivity (Wildman–Crippen MR) is 135 cm³/mol. The van der Waals surface area contributed by atoms with Gasteiger partial charge in [-0.1, -0.05) is 53.6 Å². The van der Waals surface area contributed by atoms with Crippen LogP contribution in [0.25, 0.3) is 0 Å². The Morgan fingerprint density at radius 2 is 1.33 bits per heavy atom. The Kier molecular flexibility index (Phi) is 7.54. The van der Waals surface area contributed by atoms with Gasteiger partial charge in [-0.2, -0.15) is 0 Å². The van der Waals surface area contributed by atoms with Crippen molar-refractivity contribution in [1.82, 2.24) is 0 Å². The van der Waals surface area contributed by atoms with E-state index >= 15 is 0 Å². The lowest BCUT2D eigenvalue weighted by atomic mass is 9.80. The van der Waals surface area contributed by atoms with Crippen molar-refractivity contribution >= 4 is 17.6 Å². The first-order valence-corrected chi connectivity index (χ1v) is 11.7. The highest BCUT2D eigenvalue weighted by Gasteiger charge is 2.32. The molecule has 0 aliphatic carbocycles. The fraction of sp³-hybridized carbons (Fsp3) is 0.345. The van der Waals surface area contributed by atoms with E-state index in [0.717, 1.165) is 5.56 Å². The predicted octanol–water partition coefficient (Wildman–Crippen LogP) is 7.55. The number of carbonyl (C=O) groups excluding carboxylic acids is 1. The number of rotatable bonds is 7. The maximum absolute atomic E-state index is 12.4. The number of ether oxygens (including phenoxy) is 2. The standard InChI is InChI=1S/C29H33ClO3/c1-18(2)32-28(31)29(6,7)33-25-14-10-23(11-15-25)27(22-8-12-24(30)13-9-22)26-20(4)16-19(3)17-21(26)5/h8-18,27H,1-7H3. The zero-order valence-corrected chi connectivity index (χ0v) is 21.3. The van der Waals surface area contributed by atoms with Crippen molar-refractivity contribution in [3.63, 3.8) is 0 Å². The molecule has 0 aliphatic heterocycles. The summed E-state index contributed by atoms with van der Waals surface area (Å²) in [4.78, 5) is 12.4. The van der Waals surface area contributed by atoms with Crippen molar-refractivity contribution < 1.29 is 14.3 Å². The molecular formula is C29H33ClO3. The van der Waals surface area contributed by atoms with Crippen molar-refractivity contribution in [3.8, 4) is 5.75 Å². The van der Waals surface area contributed by atoms with Crippen LogP contribution in [0.4, 0.5) is 0 Å². The summed E-state index contributed by atoms with van der Waals surface area (Å²) in [5, 5.41) is 0.717. The molecule has 3 aromatic rings. The van der Waals surface area contributed by atoms with Gasteiger partial charge < -0.3 is 9.47 Å². The lowest BCUT2D eigenvalue weighted by Crippen LogP contribution is -2.40. The van der Waals surface area contributed by atoms with Crippen molar-refractivity contribution in [1.29, 1.82) is 0 Å². The third-order valence-electron chi connectivity index (χ3n) is 5.65. The van der Waals surface area contributed by atoms with Crippen LogP contribution in [-0.4, -0.2) is 17.7 Å². The van der Waals surface area contributed by atoms with Gasteiger partial charge in [0.05, 0.1) is 6.10 Å². The molecule has 0 aliphatic rings. The van der Waals surface area contributed by atoms with Crippen LogP contribution in [0, 0.1) is 20.8 Å². The maximum Gasteiger partial charge on any atom is 0.350 e. The van der Waals surface area contributed by atoms with Gasteiger partial charge in [0, 0.05) is 10.9 Å². The van der Waals surface area contributed by atoms with E-state index in [9.17, 15) is 4.79 Å². The van der Waals surface area contributed by atoms with Gasteiger partial charge in [-0.25, -0.2) is 4.79 Å². The van der Waals surface area contributed by atoms with E-state index in [-0.39, 0.29) is 18.0 Å². The molecule has 0 saturated heterocycles. The van der Waals surface area contributed by atoms with E-state index in [1.165, 1.54) is 27.8 Å². The molecule has 0 fully saturated rings. The van der Waals surface area contributed by atoms with Crippen LogP contribution in [0.3, 0.4) is 0 Å². The monoisotopic (exact) mass is 464 g/mol. The van der Waals surface area contributed by atoms with E-state index in [1.54, 1.807) is 13.8 Å². The van der Waals surface area contributed by atoms with Gasteiger partial charge >= 0.3 is 5.97 Å². The molecule has 1 unspecified atom stereocenters. The van der Waals surface area contributed by atoms with Crippen molar-refractivity contribution in [2.75, 3.05) is 0 Å². The van der Waals surface area contributed by atoms with Gasteiger partial charge in [0.1, 0.15) is 5.75 Å². The number of hydrogen-bond donors (Lipinski definition) is 0. The van der Waals surface area contributed by atoms with Crippen LogP contribution in [0.15, 0.2) is 60.7 Å². The van der Waals surface area contributed by atoms with Crippen molar-refractivity contribution in [2.24, 2.45) is 0 Å². The Hall–Kier alpha value is -2.78. The van der Waals surface area contributed by atoms with Crippen LogP contribution in [0.5, 0.6) is 5.75 Å². The van der Waals surface area contributed by atoms with Gasteiger partial charge in [-0.05, 0) is 101 Å². The number of benzene rings is 3. The molecule has 3 aromatic carbocycles. The number of halogens is 1. The van der Waals surface area contributed by atoms with Crippen molar-refractivity contribution in [2.45, 2.75) is 66.1 Å². The highest BCUT2D eigenvalue weighted by molar-refractivity contribution is 6.30. The number of hydrogen-bond acceptors (Lipinski definition) is 3. The van der Waals surface area contributed by atoms with Crippen LogP contribution >= 0.6 is 11.6 Å². The van der Waals surface area contributed by atoms with Gasteiger partial charge in [-0.15, -0.1) is 0 Å². The van der Waals surface area contributed by atoms with Gasteiger partial charge in [0.25, 0.3) is 0 Å². The fourth-order valence-corrected chi connectivity index (χ4v) is 4.37. The first-order chi connectivity index (χ1) is 15.5. The Bertz CT molecular complexity index is 1090. The number of aryl methyl sites for hydroxylation is 3. The summed E-state index contributed by atoms with van der Waals surface area (Å²) in [5.41, 5.74) is 6.29. The lowest BCUT2D eigenvalue weighted by molar-refractivity contribution is -0.163. The fourth-order valence-electron chi connectivity index (χ4n) is 4.25. The second-order valence-corrected chi connectivity index (χ2v) is 9.87. The Labute approximate surface area is 202 Å². The van der Waals surface area contributed by atoms with Crippen LogP contribution in [0.2, 0.25) is 5.02 Å². The summed E-state index contributed by atoms with van der Waals surface area (Å²) >= 11 is 6.18. The smallest absolute Gasteiger partial charge is 0.350 e. The Morgan fingerprint density at radius 3 is 1.82 bits per heavy atom. The molecule has 0 heterocycles. The van der Waals surface area contributed by atoms with E-state index in [4.69, 9.17) is 21.1 Å². The molecule has 1 atom stereocenters. The molecule has 4 heteroatoms. The molecule has 3 nitrogen and oxygen atoms in total. The quantitative estimate of drug-likeness (QED) is 0.267. The van der Waals surface area contributed by atoms with Crippen molar-refractivity contribution in [3.05, 3.63) is 99.1 Å². The molecule has 0 radical (unpaired) electrons. The highest BCUT2D eigenvalue weighted by Crippen LogP contribution is 2.37. The van der Waals surface area contributed by atoms with E-state index in [2.05, 4.69) is 57.2 Å². The third kappa shape index (κ3) is 5.97. The minimum absolute atomic E-state index is 0.0517. The number of carbonyl (C=O) groups is 1. The summed E-state index contributed by atoms with van der Waals surface area (Å²) in [6.07, 6.45) is -0.191. The summed E-state index contributed by atoms with van der Waals surface area (Å²) in [7, 11) is 0. The van der Waals surface area contributed by atoms with Crippen LogP contribution < -0.4 is 4.74 Å². The van der Waals surface area contributed by atoms with E-state index < -0.39 is 5.60 Å². The van der Waals surface area contributed by atoms with E-state index in [1.807, 2.05) is 38.1 Å². The molecule has 0 bridgehead atoms. The SMILES string of the molecule is Cc1cc(C)c(C(c2ccc(Cl)cc2)c2ccc(OC(C)(C)C(=O)OC(C)C)cc2)c(C)c1. The number of esters is 1. The highest BCUT2D eigenvalue weighted by atomic mass is 35.5. The minimum atomic E-state index is -1.08. The third-order valence-corrected chi connectivity index (χ3v) is 5.90. The molecule has 0 N–H and O–H groups in total.